The number of hydrogen-bond donors (Lipinski definition) is 2. The lowest BCUT2D eigenvalue weighted by Crippen LogP contribution is -2.45. The van der Waals surface area contributed by atoms with Crippen molar-refractivity contribution in [1.29, 1.82) is 0 Å². The minimum absolute atomic E-state index is 0.367. The molecule has 3 heterocycles. The molecule has 0 radical (unpaired) electrons. The van der Waals surface area contributed by atoms with Crippen LogP contribution in [0, 0.1) is 0 Å². The molecule has 0 amide bonds. The van der Waals surface area contributed by atoms with Crippen molar-refractivity contribution in [3.05, 3.63) is 66.1 Å². The average Bonchev–Trinajstić information content (AvgIpc) is 3.41. The van der Waals surface area contributed by atoms with Crippen LogP contribution in [0.5, 0.6) is 0 Å². The number of aromatic nitrogens is 3. The summed E-state index contributed by atoms with van der Waals surface area (Å²) in [7, 11) is 1.79. The van der Waals surface area contributed by atoms with E-state index in [4.69, 9.17) is 4.52 Å². The van der Waals surface area contributed by atoms with Crippen LogP contribution < -0.4 is 10.6 Å². The Bertz CT molecular complexity index is 974. The summed E-state index contributed by atoms with van der Waals surface area (Å²) < 4.78 is 5.31. The molecular weight excluding hydrogens is 390 g/mol. The predicted molar refractivity (Wildman–Crippen MR) is 120 cm³/mol. The van der Waals surface area contributed by atoms with E-state index in [0.29, 0.717) is 42.5 Å². The summed E-state index contributed by atoms with van der Waals surface area (Å²) in [6, 6.07) is 17.1. The fourth-order valence-electron chi connectivity index (χ4n) is 3.87. The molecule has 31 heavy (non-hydrogen) atoms. The van der Waals surface area contributed by atoms with Gasteiger partial charge in [0.05, 0.1) is 0 Å². The molecule has 1 aromatic carbocycles. The van der Waals surface area contributed by atoms with Gasteiger partial charge in [-0.2, -0.15) is 4.98 Å². The van der Waals surface area contributed by atoms with E-state index >= 15 is 0 Å². The van der Waals surface area contributed by atoms with Gasteiger partial charge in [0.2, 0.25) is 0 Å². The molecule has 2 aromatic heterocycles. The zero-order valence-corrected chi connectivity index (χ0v) is 18.0. The fraction of sp³-hybridized carbons (Fsp3) is 0.391. The van der Waals surface area contributed by atoms with Crippen molar-refractivity contribution in [3.63, 3.8) is 0 Å². The molecule has 1 aliphatic rings. The summed E-state index contributed by atoms with van der Waals surface area (Å²) in [5.41, 5.74) is 2.03. The highest BCUT2D eigenvalue weighted by atomic mass is 16.5. The van der Waals surface area contributed by atoms with Crippen LogP contribution >= 0.6 is 0 Å². The molecule has 2 N–H and O–H groups in total. The summed E-state index contributed by atoms with van der Waals surface area (Å²) in [5, 5.41) is 11.0. The van der Waals surface area contributed by atoms with Crippen molar-refractivity contribution >= 4 is 5.96 Å². The van der Waals surface area contributed by atoms with Gasteiger partial charge >= 0.3 is 0 Å². The molecule has 2 unspecified atom stereocenters. The number of hydrogen-bond acceptors (Lipinski definition) is 6. The molecule has 162 valence electrons. The Morgan fingerprint density at radius 2 is 2.03 bits per heavy atom. The molecule has 3 aromatic rings. The summed E-state index contributed by atoms with van der Waals surface area (Å²) in [5.74, 6) is 1.89. The van der Waals surface area contributed by atoms with Crippen LogP contribution in [0.2, 0.25) is 0 Å². The van der Waals surface area contributed by atoms with E-state index in [1.54, 1.807) is 13.2 Å². The van der Waals surface area contributed by atoms with E-state index in [0.717, 1.165) is 25.5 Å². The van der Waals surface area contributed by atoms with Gasteiger partial charge < -0.3 is 15.2 Å². The van der Waals surface area contributed by atoms with Crippen LogP contribution in [0.4, 0.5) is 0 Å². The molecule has 1 aliphatic heterocycles. The highest BCUT2D eigenvalue weighted by molar-refractivity contribution is 5.80. The standard InChI is InChI=1S/C23H29N7O/c1-17-14-19(16-30(17)15-18-8-4-3-5-9-18)27-23(24-2)26-13-11-21-28-22(31-29-21)20-10-6-7-12-25-20/h3-10,12,17,19H,11,13-16H2,1-2H3,(H2,24,26,27). The fourth-order valence-corrected chi connectivity index (χ4v) is 3.87. The number of aliphatic imine (C=N–C) groups is 1. The number of likely N-dealkylation sites (tertiary alicyclic amines) is 1. The van der Waals surface area contributed by atoms with Crippen molar-refractivity contribution < 1.29 is 4.52 Å². The van der Waals surface area contributed by atoms with E-state index in [1.165, 1.54) is 5.56 Å². The number of benzene rings is 1. The molecule has 2 atom stereocenters. The van der Waals surface area contributed by atoms with Gasteiger partial charge in [-0.05, 0) is 31.0 Å². The van der Waals surface area contributed by atoms with Crippen LogP contribution in [0.3, 0.4) is 0 Å². The highest BCUT2D eigenvalue weighted by Crippen LogP contribution is 2.20. The third kappa shape index (κ3) is 5.67. The van der Waals surface area contributed by atoms with Crippen LogP contribution in [0.25, 0.3) is 11.6 Å². The Morgan fingerprint density at radius 3 is 2.81 bits per heavy atom. The molecule has 1 saturated heterocycles. The van der Waals surface area contributed by atoms with Gasteiger partial charge in [-0.3, -0.25) is 14.9 Å². The lowest BCUT2D eigenvalue weighted by atomic mass is 10.2. The number of guanidine groups is 1. The molecule has 4 rings (SSSR count). The Morgan fingerprint density at radius 1 is 1.19 bits per heavy atom. The summed E-state index contributed by atoms with van der Waals surface area (Å²) in [6.07, 6.45) is 3.44. The first-order valence-electron chi connectivity index (χ1n) is 10.7. The van der Waals surface area contributed by atoms with E-state index in [-0.39, 0.29) is 0 Å². The summed E-state index contributed by atoms with van der Waals surface area (Å²) in [6.45, 7) is 4.92. The van der Waals surface area contributed by atoms with E-state index in [9.17, 15) is 0 Å². The maximum absolute atomic E-state index is 5.31. The molecule has 0 saturated carbocycles. The maximum Gasteiger partial charge on any atom is 0.276 e. The molecule has 8 heteroatoms. The minimum atomic E-state index is 0.367. The topological polar surface area (TPSA) is 91.5 Å². The molecule has 8 nitrogen and oxygen atoms in total. The van der Waals surface area contributed by atoms with Crippen molar-refractivity contribution in [2.45, 2.75) is 38.4 Å². The lowest BCUT2D eigenvalue weighted by molar-refractivity contribution is 0.258. The average molecular weight is 420 g/mol. The number of nitrogens with zero attached hydrogens (tertiary/aromatic N) is 5. The van der Waals surface area contributed by atoms with E-state index < -0.39 is 0 Å². The molecule has 0 bridgehead atoms. The quantitative estimate of drug-likeness (QED) is 0.449. The zero-order valence-electron chi connectivity index (χ0n) is 18.0. The van der Waals surface area contributed by atoms with Gasteiger partial charge in [-0.1, -0.05) is 41.6 Å². The van der Waals surface area contributed by atoms with Crippen LogP contribution in [-0.2, 0) is 13.0 Å². The number of rotatable bonds is 7. The second-order valence-electron chi connectivity index (χ2n) is 7.82. The summed E-state index contributed by atoms with van der Waals surface area (Å²) in [4.78, 5) is 15.5. The van der Waals surface area contributed by atoms with Gasteiger partial charge in [0.25, 0.3) is 5.89 Å². The van der Waals surface area contributed by atoms with Gasteiger partial charge in [-0.25, -0.2) is 0 Å². The minimum Gasteiger partial charge on any atom is -0.356 e. The van der Waals surface area contributed by atoms with Crippen molar-refractivity contribution in [2.75, 3.05) is 20.1 Å². The van der Waals surface area contributed by atoms with Crippen LogP contribution in [0.15, 0.2) is 64.2 Å². The smallest absolute Gasteiger partial charge is 0.276 e. The Labute approximate surface area is 182 Å². The Kier molecular flexibility index (Phi) is 6.89. The Balaban J connectivity index is 1.23. The van der Waals surface area contributed by atoms with Gasteiger partial charge in [0, 0.05) is 51.4 Å². The van der Waals surface area contributed by atoms with Crippen molar-refractivity contribution in [3.8, 4) is 11.6 Å². The van der Waals surface area contributed by atoms with Crippen molar-refractivity contribution in [1.82, 2.24) is 30.7 Å². The first-order valence-corrected chi connectivity index (χ1v) is 10.7. The normalized spacial score (nSPS) is 19.5. The largest absolute Gasteiger partial charge is 0.356 e. The van der Waals surface area contributed by atoms with Gasteiger partial charge in [-0.15, -0.1) is 0 Å². The lowest BCUT2D eigenvalue weighted by Gasteiger charge is -2.21. The monoisotopic (exact) mass is 419 g/mol. The first kappa shape index (κ1) is 21.0. The third-order valence-corrected chi connectivity index (χ3v) is 5.49. The van der Waals surface area contributed by atoms with E-state index in [2.05, 4.69) is 72.9 Å². The molecule has 0 spiro atoms. The number of nitrogens with one attached hydrogen (secondary N) is 2. The zero-order chi connectivity index (χ0) is 21.5. The summed E-state index contributed by atoms with van der Waals surface area (Å²) >= 11 is 0. The molecule has 0 aliphatic carbocycles. The molecule has 1 fully saturated rings. The van der Waals surface area contributed by atoms with E-state index in [1.807, 2.05) is 18.2 Å². The first-order chi connectivity index (χ1) is 15.2. The SMILES string of the molecule is CN=C(NCCc1noc(-c2ccccn2)n1)NC1CC(C)N(Cc2ccccc2)C1. The second-order valence-corrected chi connectivity index (χ2v) is 7.82. The van der Waals surface area contributed by atoms with Gasteiger partial charge in [0.1, 0.15) is 5.69 Å². The maximum atomic E-state index is 5.31. The third-order valence-electron chi connectivity index (χ3n) is 5.49. The predicted octanol–water partition coefficient (Wildman–Crippen LogP) is 2.50. The number of pyridine rings is 1. The Hall–Kier alpha value is -3.26. The van der Waals surface area contributed by atoms with Crippen LogP contribution in [-0.4, -0.2) is 58.2 Å². The second kappa shape index (κ2) is 10.2. The molecular formula is C23H29N7O. The van der Waals surface area contributed by atoms with Gasteiger partial charge in [0.15, 0.2) is 11.8 Å². The van der Waals surface area contributed by atoms with Crippen LogP contribution in [0.1, 0.15) is 24.7 Å². The highest BCUT2D eigenvalue weighted by Gasteiger charge is 2.29. The van der Waals surface area contributed by atoms with Crippen molar-refractivity contribution in [2.24, 2.45) is 4.99 Å².